The third-order valence-electron chi connectivity index (χ3n) is 4.37. The summed E-state index contributed by atoms with van der Waals surface area (Å²) < 4.78 is 3.38. The second-order valence-corrected chi connectivity index (χ2v) is 6.59. The molecule has 9 heteroatoms. The van der Waals surface area contributed by atoms with Gasteiger partial charge in [0, 0.05) is 53.2 Å². The largest absolute Gasteiger partial charge is 0.260 e. The number of rotatable bonds is 2. The molecule has 0 fully saturated rings. The van der Waals surface area contributed by atoms with E-state index in [9.17, 15) is 0 Å². The van der Waals surface area contributed by atoms with E-state index in [0.29, 0.717) is 16.8 Å². The summed E-state index contributed by atoms with van der Waals surface area (Å²) in [6.07, 6.45) is 7.02. The molecule has 0 unspecified atom stereocenters. The number of nitrogens with zero attached hydrogens (tertiary/aromatic N) is 8. The number of hydrogen-bond acceptors (Lipinski definition) is 6. The Morgan fingerprint density at radius 3 is 2.67 bits per heavy atom. The van der Waals surface area contributed by atoms with Crippen molar-refractivity contribution in [3.63, 3.8) is 0 Å². The van der Waals surface area contributed by atoms with Crippen LogP contribution < -0.4 is 0 Å². The first-order chi connectivity index (χ1) is 13.1. The molecule has 0 amide bonds. The second kappa shape index (κ2) is 5.82. The Labute approximate surface area is 158 Å². The average Bonchev–Trinajstić information content (AvgIpc) is 3.27. The van der Waals surface area contributed by atoms with Gasteiger partial charge in [0.1, 0.15) is 11.5 Å². The van der Waals surface area contributed by atoms with Gasteiger partial charge in [0.25, 0.3) is 0 Å². The zero-order valence-electron chi connectivity index (χ0n) is 14.5. The Kier molecular flexibility index (Phi) is 3.41. The third kappa shape index (κ3) is 2.61. The van der Waals surface area contributed by atoms with Crippen molar-refractivity contribution in [2.45, 2.75) is 6.92 Å². The minimum Gasteiger partial charge on any atom is -0.260 e. The van der Waals surface area contributed by atoms with E-state index in [1.54, 1.807) is 27.9 Å². The van der Waals surface area contributed by atoms with Gasteiger partial charge >= 0.3 is 0 Å². The van der Waals surface area contributed by atoms with Crippen molar-refractivity contribution in [2.75, 3.05) is 0 Å². The van der Waals surface area contributed by atoms with E-state index in [1.807, 2.05) is 38.4 Å². The van der Waals surface area contributed by atoms with E-state index in [1.165, 1.54) is 0 Å². The van der Waals surface area contributed by atoms with Gasteiger partial charge in [0.05, 0.1) is 0 Å². The predicted molar refractivity (Wildman–Crippen MR) is 101 cm³/mol. The summed E-state index contributed by atoms with van der Waals surface area (Å²) in [5.41, 5.74) is 3.27. The Morgan fingerprint density at radius 2 is 1.85 bits per heavy atom. The topological polar surface area (TPSA) is 86.7 Å². The summed E-state index contributed by atoms with van der Waals surface area (Å²) in [5, 5.41) is 11.2. The summed E-state index contributed by atoms with van der Waals surface area (Å²) in [5.74, 6) is 1.21. The maximum Gasteiger partial charge on any atom is 0.184 e. The molecule has 0 saturated heterocycles. The molecule has 0 aliphatic heterocycles. The van der Waals surface area contributed by atoms with Crippen LogP contribution in [0.3, 0.4) is 0 Å². The molecular weight excluding hydrogens is 364 g/mol. The number of aromatic nitrogens is 8. The lowest BCUT2D eigenvalue weighted by Crippen LogP contribution is -1.93. The van der Waals surface area contributed by atoms with Gasteiger partial charge in [0.2, 0.25) is 0 Å². The van der Waals surface area contributed by atoms with Crippen molar-refractivity contribution in [1.82, 2.24) is 39.3 Å². The Morgan fingerprint density at radius 1 is 0.963 bits per heavy atom. The van der Waals surface area contributed by atoms with Gasteiger partial charge in [-0.2, -0.15) is 5.10 Å². The van der Waals surface area contributed by atoms with Crippen LogP contribution in [0.25, 0.3) is 39.2 Å². The normalized spacial score (nSPS) is 11.5. The van der Waals surface area contributed by atoms with Gasteiger partial charge < -0.3 is 0 Å². The first kappa shape index (κ1) is 15.8. The summed E-state index contributed by atoms with van der Waals surface area (Å²) in [4.78, 5) is 17.5. The molecule has 0 N–H and O–H groups in total. The SMILES string of the molecule is Cc1ncc(-c2nc3ccc(-c4ncn(C)n4)cn3n2)c2cc(Cl)ncc12. The number of aryl methyl sites for hydroxylation is 2. The Bertz CT molecular complexity index is 1320. The van der Waals surface area contributed by atoms with Gasteiger partial charge in [-0.3, -0.25) is 9.67 Å². The van der Waals surface area contributed by atoms with Gasteiger partial charge in [-0.05, 0) is 25.1 Å². The van der Waals surface area contributed by atoms with Crippen LogP contribution in [0.1, 0.15) is 5.69 Å². The monoisotopic (exact) mass is 376 g/mol. The number of hydrogen-bond donors (Lipinski definition) is 0. The van der Waals surface area contributed by atoms with Crippen LogP contribution in [0.4, 0.5) is 0 Å². The van der Waals surface area contributed by atoms with E-state index in [2.05, 4.69) is 30.1 Å². The van der Waals surface area contributed by atoms with Crippen molar-refractivity contribution in [2.24, 2.45) is 7.05 Å². The number of fused-ring (bicyclic) bond motifs is 2. The smallest absolute Gasteiger partial charge is 0.184 e. The van der Waals surface area contributed by atoms with Crippen LogP contribution in [-0.2, 0) is 7.05 Å². The second-order valence-electron chi connectivity index (χ2n) is 6.21. The molecule has 0 aliphatic carbocycles. The average molecular weight is 377 g/mol. The van der Waals surface area contributed by atoms with E-state index < -0.39 is 0 Å². The summed E-state index contributed by atoms with van der Waals surface area (Å²) in [7, 11) is 1.83. The summed E-state index contributed by atoms with van der Waals surface area (Å²) in [6.45, 7) is 1.94. The van der Waals surface area contributed by atoms with Gasteiger partial charge in [-0.1, -0.05) is 11.6 Å². The Balaban J connectivity index is 1.69. The van der Waals surface area contributed by atoms with Crippen LogP contribution in [0, 0.1) is 6.92 Å². The number of pyridine rings is 3. The van der Waals surface area contributed by atoms with Crippen LogP contribution in [0.15, 0.2) is 43.1 Å². The van der Waals surface area contributed by atoms with E-state index >= 15 is 0 Å². The van der Waals surface area contributed by atoms with Gasteiger partial charge in [-0.25, -0.2) is 19.5 Å². The number of halogens is 1. The molecule has 0 aliphatic rings. The first-order valence-corrected chi connectivity index (χ1v) is 8.60. The molecule has 0 radical (unpaired) electrons. The molecular formula is C18H13ClN8. The zero-order chi connectivity index (χ0) is 18.5. The summed E-state index contributed by atoms with van der Waals surface area (Å²) in [6, 6.07) is 5.63. The van der Waals surface area contributed by atoms with Crippen molar-refractivity contribution < 1.29 is 0 Å². The molecule has 0 aromatic carbocycles. The minimum absolute atomic E-state index is 0.418. The van der Waals surface area contributed by atoms with Crippen molar-refractivity contribution in [1.29, 1.82) is 0 Å². The lowest BCUT2D eigenvalue weighted by atomic mass is 10.1. The fraction of sp³-hybridized carbons (Fsp3) is 0.111. The molecule has 0 spiro atoms. The molecule has 5 aromatic heterocycles. The van der Waals surface area contributed by atoms with Crippen LogP contribution in [0.2, 0.25) is 5.15 Å². The standard InChI is InChI=1S/C18H13ClN8/c1-10-13-6-21-15(19)5-12(13)14(7-20-10)18-23-16-4-3-11(8-27(16)25-18)17-22-9-26(2)24-17/h3-9H,1-2H3. The lowest BCUT2D eigenvalue weighted by molar-refractivity contribution is 0.768. The highest BCUT2D eigenvalue weighted by Crippen LogP contribution is 2.29. The highest BCUT2D eigenvalue weighted by Gasteiger charge is 2.14. The van der Waals surface area contributed by atoms with Gasteiger partial charge in [0.15, 0.2) is 17.3 Å². The molecule has 0 bridgehead atoms. The zero-order valence-corrected chi connectivity index (χ0v) is 15.3. The lowest BCUT2D eigenvalue weighted by Gasteiger charge is -2.05. The third-order valence-corrected chi connectivity index (χ3v) is 4.57. The molecule has 5 heterocycles. The first-order valence-electron chi connectivity index (χ1n) is 8.22. The highest BCUT2D eigenvalue weighted by molar-refractivity contribution is 6.30. The fourth-order valence-electron chi connectivity index (χ4n) is 3.02. The van der Waals surface area contributed by atoms with E-state index in [4.69, 9.17) is 11.6 Å². The molecule has 132 valence electrons. The molecule has 0 saturated carbocycles. The van der Waals surface area contributed by atoms with Crippen LogP contribution >= 0.6 is 11.6 Å². The summed E-state index contributed by atoms with van der Waals surface area (Å²) >= 11 is 6.11. The molecule has 5 aromatic rings. The molecule has 0 atom stereocenters. The maximum absolute atomic E-state index is 6.11. The fourth-order valence-corrected chi connectivity index (χ4v) is 3.18. The maximum atomic E-state index is 6.11. The van der Waals surface area contributed by atoms with Crippen molar-refractivity contribution in [3.8, 4) is 22.8 Å². The van der Waals surface area contributed by atoms with Crippen LogP contribution in [-0.4, -0.2) is 39.3 Å². The van der Waals surface area contributed by atoms with E-state index in [-0.39, 0.29) is 0 Å². The highest BCUT2D eigenvalue weighted by atomic mass is 35.5. The van der Waals surface area contributed by atoms with Crippen molar-refractivity contribution >= 4 is 28.0 Å². The Hall–Kier alpha value is -3.39. The molecule has 5 rings (SSSR count). The van der Waals surface area contributed by atoms with Crippen LogP contribution in [0.5, 0.6) is 0 Å². The molecule has 27 heavy (non-hydrogen) atoms. The molecule has 8 nitrogen and oxygen atoms in total. The minimum atomic E-state index is 0.418. The quantitative estimate of drug-likeness (QED) is 0.440. The van der Waals surface area contributed by atoms with Crippen molar-refractivity contribution in [3.05, 3.63) is 54.0 Å². The van der Waals surface area contributed by atoms with E-state index in [0.717, 1.165) is 33.2 Å². The predicted octanol–water partition coefficient (Wildman–Crippen LogP) is 3.10. The van der Waals surface area contributed by atoms with Gasteiger partial charge in [-0.15, -0.1) is 5.10 Å².